The lowest BCUT2D eigenvalue weighted by Crippen LogP contribution is -2.51. The molecule has 126 valence electrons. The van der Waals surface area contributed by atoms with Crippen molar-refractivity contribution in [2.45, 2.75) is 39.2 Å². The first-order chi connectivity index (χ1) is 11.2. The average Bonchev–Trinajstić information content (AvgIpc) is 2.60. The summed E-state index contributed by atoms with van der Waals surface area (Å²) < 4.78 is 0. The van der Waals surface area contributed by atoms with Crippen LogP contribution in [0.4, 0.5) is 0 Å². The van der Waals surface area contributed by atoms with Gasteiger partial charge in [-0.3, -0.25) is 9.59 Å². The van der Waals surface area contributed by atoms with Gasteiger partial charge < -0.3 is 15.5 Å². The van der Waals surface area contributed by atoms with Crippen LogP contribution in [0.3, 0.4) is 0 Å². The van der Waals surface area contributed by atoms with Crippen LogP contribution >= 0.6 is 0 Å². The fraction of sp³-hybridized carbons (Fsp3) is 0.556. The maximum atomic E-state index is 12.5. The normalized spacial score (nSPS) is 17.8. The molecule has 1 fully saturated rings. The van der Waals surface area contributed by atoms with Gasteiger partial charge in [0.05, 0.1) is 12.6 Å². The highest BCUT2D eigenvalue weighted by molar-refractivity contribution is 5.85. The second-order valence-corrected chi connectivity index (χ2v) is 5.93. The molecule has 2 rings (SSSR count). The summed E-state index contributed by atoms with van der Waals surface area (Å²) in [6, 6.07) is 8.48. The van der Waals surface area contributed by atoms with Crippen LogP contribution in [0.15, 0.2) is 24.3 Å². The minimum absolute atomic E-state index is 0.0134. The van der Waals surface area contributed by atoms with Crippen LogP contribution in [0.1, 0.15) is 43.9 Å². The molecule has 0 bridgehead atoms. The lowest BCUT2D eigenvalue weighted by molar-refractivity contribution is -0.135. The van der Waals surface area contributed by atoms with Crippen LogP contribution in [-0.2, 0) is 16.0 Å². The molecule has 5 heteroatoms. The number of carbonyl (C=O) groups excluding carboxylic acids is 2. The molecule has 5 nitrogen and oxygen atoms in total. The highest BCUT2D eigenvalue weighted by atomic mass is 16.2. The SMILES string of the molecule is CCCC(=O)NCC(=O)N1CCNCC1c1ccc(CC)cc1. The lowest BCUT2D eigenvalue weighted by Gasteiger charge is -2.36. The summed E-state index contributed by atoms with van der Waals surface area (Å²) >= 11 is 0. The molecule has 2 N–H and O–H groups in total. The van der Waals surface area contributed by atoms with Crippen molar-refractivity contribution in [2.24, 2.45) is 0 Å². The summed E-state index contributed by atoms with van der Waals surface area (Å²) in [5, 5.41) is 6.07. The summed E-state index contributed by atoms with van der Waals surface area (Å²) in [5.41, 5.74) is 2.44. The summed E-state index contributed by atoms with van der Waals surface area (Å²) in [5.74, 6) is -0.0691. The van der Waals surface area contributed by atoms with Crippen LogP contribution in [0.25, 0.3) is 0 Å². The number of nitrogens with one attached hydrogen (secondary N) is 2. The molecule has 1 aliphatic rings. The summed E-state index contributed by atoms with van der Waals surface area (Å²) in [6.45, 7) is 6.38. The zero-order valence-corrected chi connectivity index (χ0v) is 14.1. The number of aryl methyl sites for hydroxylation is 1. The number of hydrogen-bond donors (Lipinski definition) is 2. The molecule has 1 aliphatic heterocycles. The molecule has 1 saturated heterocycles. The average molecular weight is 317 g/mol. The van der Waals surface area contributed by atoms with Gasteiger partial charge in [0, 0.05) is 26.1 Å². The van der Waals surface area contributed by atoms with E-state index >= 15 is 0 Å². The Morgan fingerprint density at radius 1 is 1.26 bits per heavy atom. The molecule has 1 heterocycles. The third-order valence-corrected chi connectivity index (χ3v) is 4.25. The van der Waals surface area contributed by atoms with Crippen molar-refractivity contribution in [3.63, 3.8) is 0 Å². The summed E-state index contributed by atoms with van der Waals surface area (Å²) in [6.07, 6.45) is 2.27. The Kier molecular flexibility index (Phi) is 6.59. The van der Waals surface area contributed by atoms with Crippen molar-refractivity contribution < 1.29 is 9.59 Å². The van der Waals surface area contributed by atoms with E-state index in [-0.39, 0.29) is 24.4 Å². The number of hydrogen-bond acceptors (Lipinski definition) is 3. The van der Waals surface area contributed by atoms with Crippen LogP contribution < -0.4 is 10.6 Å². The molecule has 0 aliphatic carbocycles. The van der Waals surface area contributed by atoms with Gasteiger partial charge in [0.2, 0.25) is 11.8 Å². The van der Waals surface area contributed by atoms with Crippen LogP contribution in [0, 0.1) is 0 Å². The van der Waals surface area contributed by atoms with E-state index in [1.165, 1.54) is 5.56 Å². The molecule has 2 amide bonds. The molecule has 23 heavy (non-hydrogen) atoms. The van der Waals surface area contributed by atoms with Crippen molar-refractivity contribution in [3.8, 4) is 0 Å². The Balaban J connectivity index is 2.02. The molecule has 1 unspecified atom stereocenters. The first-order valence-electron chi connectivity index (χ1n) is 8.51. The van der Waals surface area contributed by atoms with Gasteiger partial charge in [-0.2, -0.15) is 0 Å². The van der Waals surface area contributed by atoms with E-state index in [9.17, 15) is 9.59 Å². The fourth-order valence-electron chi connectivity index (χ4n) is 2.87. The number of piperazine rings is 1. The molecular weight excluding hydrogens is 290 g/mol. The highest BCUT2D eigenvalue weighted by Gasteiger charge is 2.27. The highest BCUT2D eigenvalue weighted by Crippen LogP contribution is 2.22. The standard InChI is InChI=1S/C18H27N3O2/c1-3-5-17(22)20-13-18(23)21-11-10-19-12-16(21)15-8-6-14(4-2)7-9-15/h6-9,16,19H,3-5,10-13H2,1-2H3,(H,20,22). The van der Waals surface area contributed by atoms with Crippen molar-refractivity contribution in [2.75, 3.05) is 26.2 Å². The maximum absolute atomic E-state index is 12.5. The van der Waals surface area contributed by atoms with Crippen molar-refractivity contribution in [3.05, 3.63) is 35.4 Å². The fourth-order valence-corrected chi connectivity index (χ4v) is 2.87. The number of nitrogens with zero attached hydrogens (tertiary/aromatic N) is 1. The van der Waals surface area contributed by atoms with E-state index in [2.05, 4.69) is 41.8 Å². The zero-order valence-electron chi connectivity index (χ0n) is 14.1. The van der Waals surface area contributed by atoms with Gasteiger partial charge in [-0.05, 0) is 24.0 Å². The van der Waals surface area contributed by atoms with E-state index in [4.69, 9.17) is 0 Å². The van der Waals surface area contributed by atoms with Gasteiger partial charge in [0.15, 0.2) is 0 Å². The molecule has 0 spiro atoms. The molecule has 1 aromatic rings. The molecule has 1 aromatic carbocycles. The monoisotopic (exact) mass is 317 g/mol. The second-order valence-electron chi connectivity index (χ2n) is 5.93. The van der Waals surface area contributed by atoms with Crippen molar-refractivity contribution >= 4 is 11.8 Å². The van der Waals surface area contributed by atoms with Crippen LogP contribution in [0.5, 0.6) is 0 Å². The minimum Gasteiger partial charge on any atom is -0.347 e. The van der Waals surface area contributed by atoms with Gasteiger partial charge in [-0.1, -0.05) is 38.1 Å². The minimum atomic E-state index is -0.0557. The predicted molar refractivity (Wildman–Crippen MR) is 91.1 cm³/mol. The van der Waals surface area contributed by atoms with Gasteiger partial charge in [0.1, 0.15) is 0 Å². The quantitative estimate of drug-likeness (QED) is 0.838. The van der Waals surface area contributed by atoms with E-state index in [1.807, 2.05) is 11.8 Å². The first-order valence-corrected chi connectivity index (χ1v) is 8.51. The Labute approximate surface area is 138 Å². The third-order valence-electron chi connectivity index (χ3n) is 4.25. The number of benzene rings is 1. The second kappa shape index (κ2) is 8.67. The topological polar surface area (TPSA) is 61.4 Å². The number of rotatable bonds is 6. The van der Waals surface area contributed by atoms with Crippen molar-refractivity contribution in [1.82, 2.24) is 15.5 Å². The van der Waals surface area contributed by atoms with Crippen LogP contribution in [-0.4, -0.2) is 42.9 Å². The molecule has 0 aromatic heterocycles. The predicted octanol–water partition coefficient (Wildman–Crippen LogP) is 1.64. The largest absolute Gasteiger partial charge is 0.347 e. The summed E-state index contributed by atoms with van der Waals surface area (Å²) in [4.78, 5) is 25.9. The third kappa shape index (κ3) is 4.79. The zero-order chi connectivity index (χ0) is 16.7. The first kappa shape index (κ1) is 17.5. The van der Waals surface area contributed by atoms with E-state index in [0.717, 1.165) is 31.5 Å². The van der Waals surface area contributed by atoms with Crippen LogP contribution in [0.2, 0.25) is 0 Å². The Hall–Kier alpha value is -1.88. The van der Waals surface area contributed by atoms with E-state index in [1.54, 1.807) is 0 Å². The van der Waals surface area contributed by atoms with Gasteiger partial charge in [0.25, 0.3) is 0 Å². The van der Waals surface area contributed by atoms with E-state index in [0.29, 0.717) is 13.0 Å². The summed E-state index contributed by atoms with van der Waals surface area (Å²) in [7, 11) is 0. The van der Waals surface area contributed by atoms with E-state index < -0.39 is 0 Å². The van der Waals surface area contributed by atoms with Gasteiger partial charge >= 0.3 is 0 Å². The molecule has 0 saturated carbocycles. The Morgan fingerprint density at radius 2 is 2.00 bits per heavy atom. The smallest absolute Gasteiger partial charge is 0.242 e. The lowest BCUT2D eigenvalue weighted by atomic mass is 10.0. The Bertz CT molecular complexity index is 528. The maximum Gasteiger partial charge on any atom is 0.242 e. The molecular formula is C18H27N3O2. The molecule has 0 radical (unpaired) electrons. The number of carbonyl (C=O) groups is 2. The Morgan fingerprint density at radius 3 is 2.65 bits per heavy atom. The van der Waals surface area contributed by atoms with Crippen molar-refractivity contribution in [1.29, 1.82) is 0 Å². The molecule has 1 atom stereocenters. The number of amides is 2. The van der Waals surface area contributed by atoms with Gasteiger partial charge in [-0.15, -0.1) is 0 Å². The van der Waals surface area contributed by atoms with Gasteiger partial charge in [-0.25, -0.2) is 0 Å².